The molecule has 6 heteroatoms. The predicted octanol–water partition coefficient (Wildman–Crippen LogP) is 3.37. The Morgan fingerprint density at radius 1 is 1.07 bits per heavy atom. The summed E-state index contributed by atoms with van der Waals surface area (Å²) in [5, 5.41) is 18.4. The topological polar surface area (TPSA) is 47.6 Å². The second-order valence-electron chi connectivity index (χ2n) is 3.99. The first-order chi connectivity index (χ1) is 6.92. The van der Waals surface area contributed by atoms with E-state index in [-0.39, 0.29) is 21.5 Å². The van der Waals surface area contributed by atoms with Crippen LogP contribution in [0, 0.1) is 39.9 Å². The number of nitriles is 2. The molecule has 2 nitrogen and oxygen atoms in total. The van der Waals surface area contributed by atoms with Gasteiger partial charge < -0.3 is 0 Å². The number of rotatable bonds is 0. The third-order valence-electron chi connectivity index (χ3n) is 3.48. The first-order valence-electron chi connectivity index (χ1n) is 4.41. The Morgan fingerprint density at radius 2 is 1.53 bits per heavy atom. The maximum absolute atomic E-state index is 9.20. The van der Waals surface area contributed by atoms with Crippen molar-refractivity contribution in [3.63, 3.8) is 0 Å². The van der Waals surface area contributed by atoms with Crippen LogP contribution in [-0.4, -0.2) is 14.0 Å². The summed E-state index contributed by atoms with van der Waals surface area (Å²) in [5.74, 6) is -0.175. The molecule has 2 rings (SSSR count). The summed E-state index contributed by atoms with van der Waals surface area (Å²) in [6.45, 7) is 0. The predicted molar refractivity (Wildman–Crippen MR) is 65.1 cm³/mol. The van der Waals surface area contributed by atoms with Gasteiger partial charge in [-0.3, -0.25) is 0 Å². The van der Waals surface area contributed by atoms with Gasteiger partial charge in [-0.1, -0.05) is 55.1 Å². The van der Waals surface area contributed by atoms with Crippen LogP contribution < -0.4 is 0 Å². The largest absolute Gasteiger partial charge is 0.196 e. The Hall–Kier alpha value is 0.520. The minimum Gasteiger partial charge on any atom is -0.196 e. The van der Waals surface area contributed by atoms with Crippen LogP contribution in [-0.2, 0) is 0 Å². The number of hydrogen-bond acceptors (Lipinski definition) is 2. The van der Waals surface area contributed by atoms with E-state index in [0.717, 1.165) is 0 Å². The Bertz CT molecular complexity index is 371. The fourth-order valence-corrected chi connectivity index (χ4v) is 5.79. The van der Waals surface area contributed by atoms with Gasteiger partial charge >= 0.3 is 0 Å². The molecule has 0 aliphatic heterocycles. The van der Waals surface area contributed by atoms with Crippen LogP contribution in [0.15, 0.2) is 0 Å². The van der Waals surface area contributed by atoms with Gasteiger partial charge in [0.1, 0.15) is 0 Å². The molecule has 15 heavy (non-hydrogen) atoms. The Labute approximate surface area is 115 Å². The number of nitrogens with zero attached hydrogens (tertiary/aromatic N) is 2. The molecule has 4 unspecified atom stereocenters. The number of hydrogen-bond donors (Lipinski definition) is 0. The van der Waals surface area contributed by atoms with Gasteiger partial charge in [-0.15, -0.1) is 0 Å². The van der Waals surface area contributed by atoms with Crippen LogP contribution in [0.1, 0.15) is 6.42 Å². The second kappa shape index (κ2) is 3.50. The van der Waals surface area contributed by atoms with Crippen LogP contribution >= 0.6 is 55.1 Å². The Morgan fingerprint density at radius 3 is 1.93 bits per heavy atom. The smallest absolute Gasteiger partial charge is 0.180 e. The highest BCUT2D eigenvalue weighted by Crippen LogP contribution is 2.68. The second-order valence-corrected chi connectivity index (χ2v) is 7.49. The van der Waals surface area contributed by atoms with Gasteiger partial charge in [-0.2, -0.15) is 10.5 Å². The monoisotopic (exact) mass is 370 g/mol. The van der Waals surface area contributed by atoms with Crippen molar-refractivity contribution >= 4 is 55.1 Å². The molecule has 80 valence electrons. The Balaban J connectivity index is 2.55. The SMILES string of the molecule is N#CC1(C#N)C2CC(C(Br)C2Br)C1(Cl)Cl. The molecule has 2 aliphatic rings. The molecular weight excluding hydrogens is 367 g/mol. The summed E-state index contributed by atoms with van der Waals surface area (Å²) >= 11 is 19.4. The van der Waals surface area contributed by atoms with Gasteiger partial charge in [-0.25, -0.2) is 0 Å². The van der Waals surface area contributed by atoms with Crippen LogP contribution in [0.25, 0.3) is 0 Å². The third kappa shape index (κ3) is 1.20. The van der Waals surface area contributed by atoms with E-state index in [0.29, 0.717) is 6.42 Å². The fraction of sp³-hybridized carbons (Fsp3) is 0.778. The maximum Gasteiger partial charge on any atom is 0.180 e. The van der Waals surface area contributed by atoms with Gasteiger partial charge in [0.15, 0.2) is 9.75 Å². The molecule has 0 spiro atoms. The first-order valence-corrected chi connectivity index (χ1v) is 6.99. The first kappa shape index (κ1) is 12.0. The highest BCUT2D eigenvalue weighted by atomic mass is 79.9. The summed E-state index contributed by atoms with van der Waals surface area (Å²) in [4.78, 5) is 0.194. The van der Waals surface area contributed by atoms with Crippen LogP contribution in [0.3, 0.4) is 0 Å². The fourth-order valence-electron chi connectivity index (χ4n) is 2.62. The van der Waals surface area contributed by atoms with Crippen molar-refractivity contribution in [3.05, 3.63) is 0 Å². The number of alkyl halides is 4. The number of fused-ring (bicyclic) bond motifs is 2. The zero-order chi connectivity index (χ0) is 11.4. The Kier molecular flexibility index (Phi) is 2.80. The zero-order valence-electron chi connectivity index (χ0n) is 7.42. The molecule has 2 saturated carbocycles. The van der Waals surface area contributed by atoms with E-state index in [1.807, 2.05) is 12.1 Å². The zero-order valence-corrected chi connectivity index (χ0v) is 12.1. The summed E-state index contributed by atoms with van der Waals surface area (Å²) in [6.07, 6.45) is 0.708. The van der Waals surface area contributed by atoms with Gasteiger partial charge in [0.25, 0.3) is 0 Å². The van der Waals surface area contributed by atoms with Crippen molar-refractivity contribution in [2.45, 2.75) is 20.4 Å². The van der Waals surface area contributed by atoms with E-state index in [1.165, 1.54) is 0 Å². The molecule has 0 aromatic heterocycles. The van der Waals surface area contributed by atoms with Gasteiger partial charge in [-0.05, 0) is 6.42 Å². The average Bonchev–Trinajstić information content (AvgIpc) is 2.60. The van der Waals surface area contributed by atoms with Crippen LogP contribution in [0.2, 0.25) is 0 Å². The molecule has 0 N–H and O–H groups in total. The molecule has 2 bridgehead atoms. The van der Waals surface area contributed by atoms with Gasteiger partial charge in [0.05, 0.1) is 12.1 Å². The third-order valence-corrected chi connectivity index (χ3v) is 7.76. The van der Waals surface area contributed by atoms with Gasteiger partial charge in [0, 0.05) is 21.5 Å². The standard InChI is InChI=1S/C9H6Br2Cl2N2/c10-6-4-1-5(7(6)11)9(12,13)8(4,2-14)3-15/h4-7H,1H2. The van der Waals surface area contributed by atoms with Crippen molar-refractivity contribution in [3.8, 4) is 12.1 Å². The van der Waals surface area contributed by atoms with E-state index >= 15 is 0 Å². The van der Waals surface area contributed by atoms with Crippen molar-refractivity contribution in [2.24, 2.45) is 17.3 Å². The normalized spacial score (nSPS) is 44.7. The molecule has 0 saturated heterocycles. The summed E-state index contributed by atoms with van der Waals surface area (Å²) in [7, 11) is 0. The lowest BCUT2D eigenvalue weighted by Gasteiger charge is -2.40. The van der Waals surface area contributed by atoms with E-state index in [1.54, 1.807) is 0 Å². The lowest BCUT2D eigenvalue weighted by molar-refractivity contribution is 0.317. The maximum atomic E-state index is 9.20. The van der Waals surface area contributed by atoms with E-state index in [2.05, 4.69) is 31.9 Å². The van der Waals surface area contributed by atoms with Gasteiger partial charge in [0.2, 0.25) is 0 Å². The summed E-state index contributed by atoms with van der Waals surface area (Å²) in [6, 6.07) is 4.05. The average molecular weight is 373 g/mol. The van der Waals surface area contributed by atoms with Crippen molar-refractivity contribution in [1.82, 2.24) is 0 Å². The molecule has 2 fully saturated rings. The molecule has 2 aliphatic carbocycles. The quantitative estimate of drug-likeness (QED) is 0.612. The molecule has 0 amide bonds. The molecule has 0 radical (unpaired) electrons. The highest BCUT2D eigenvalue weighted by molar-refractivity contribution is 9.12. The van der Waals surface area contributed by atoms with E-state index in [4.69, 9.17) is 23.2 Å². The highest BCUT2D eigenvalue weighted by Gasteiger charge is 2.73. The lowest BCUT2D eigenvalue weighted by Crippen LogP contribution is -2.50. The lowest BCUT2D eigenvalue weighted by atomic mass is 9.74. The van der Waals surface area contributed by atoms with Crippen LogP contribution in [0.4, 0.5) is 0 Å². The van der Waals surface area contributed by atoms with Crippen molar-refractivity contribution in [2.75, 3.05) is 0 Å². The van der Waals surface area contributed by atoms with Crippen molar-refractivity contribution in [1.29, 1.82) is 10.5 Å². The minimum atomic E-state index is -1.29. The molecular formula is C9H6Br2Cl2N2. The molecule has 0 aromatic carbocycles. The van der Waals surface area contributed by atoms with Crippen molar-refractivity contribution < 1.29 is 0 Å². The molecule has 0 heterocycles. The minimum absolute atomic E-state index is 0.0606. The molecule has 0 aromatic rings. The number of halogens is 4. The van der Waals surface area contributed by atoms with E-state index in [9.17, 15) is 10.5 Å². The summed E-state index contributed by atoms with van der Waals surface area (Å²) in [5.41, 5.74) is -1.29. The molecule has 4 atom stereocenters. The summed E-state index contributed by atoms with van der Waals surface area (Å²) < 4.78 is -1.28. The van der Waals surface area contributed by atoms with Crippen LogP contribution in [0.5, 0.6) is 0 Å². The van der Waals surface area contributed by atoms with E-state index < -0.39 is 9.75 Å².